The van der Waals surface area contributed by atoms with E-state index in [-0.39, 0.29) is 18.8 Å². The summed E-state index contributed by atoms with van der Waals surface area (Å²) in [6.07, 6.45) is 5.73. The molecular formula is C28H28N6O4. The van der Waals surface area contributed by atoms with Gasteiger partial charge in [0.25, 0.3) is 0 Å². The average molecular weight is 513 g/mol. The highest BCUT2D eigenvalue weighted by Gasteiger charge is 2.35. The number of carbonyl (C=O) groups is 1. The molecule has 1 N–H and O–H groups in total. The number of aromatic nitrogens is 4. The molecule has 4 heterocycles. The molecule has 0 radical (unpaired) electrons. The standard InChI is InChI=1S/C28H28N6O4/c1-36-20-7-8-21-22(14-20)34(26(31-21)18-6-9-23-24(13-18)38-16-37-23)25-10-11-29-28(32-25)30-19-3-2-12-33(15-19)27(35)17-4-5-17/h6-11,13-14,17,19H,2-5,12,15-16H2,1H3,(H,29,30,32). The molecule has 0 spiro atoms. The second-order valence-corrected chi connectivity index (χ2v) is 9.97. The third kappa shape index (κ3) is 4.15. The maximum absolute atomic E-state index is 12.6. The predicted molar refractivity (Wildman–Crippen MR) is 141 cm³/mol. The second kappa shape index (κ2) is 9.20. The van der Waals surface area contributed by atoms with E-state index in [1.165, 1.54) is 0 Å². The fourth-order valence-electron chi connectivity index (χ4n) is 5.25. The van der Waals surface area contributed by atoms with Crippen LogP contribution in [0.4, 0.5) is 5.95 Å². The van der Waals surface area contributed by atoms with Crippen LogP contribution in [-0.2, 0) is 4.79 Å². The van der Waals surface area contributed by atoms with Gasteiger partial charge in [-0.25, -0.2) is 9.97 Å². The molecule has 7 rings (SSSR count). The first-order valence-electron chi connectivity index (χ1n) is 13.0. The van der Waals surface area contributed by atoms with Crippen molar-refractivity contribution in [1.82, 2.24) is 24.4 Å². The van der Waals surface area contributed by atoms with Crippen molar-refractivity contribution in [2.24, 2.45) is 5.92 Å². The van der Waals surface area contributed by atoms with Crippen LogP contribution in [0.25, 0.3) is 28.2 Å². The number of ether oxygens (including phenoxy) is 3. The van der Waals surface area contributed by atoms with Crippen LogP contribution in [0.1, 0.15) is 25.7 Å². The lowest BCUT2D eigenvalue weighted by molar-refractivity contribution is -0.133. The topological polar surface area (TPSA) is 104 Å². The van der Waals surface area contributed by atoms with E-state index in [2.05, 4.69) is 10.3 Å². The molecule has 1 saturated carbocycles. The van der Waals surface area contributed by atoms with Gasteiger partial charge < -0.3 is 24.4 Å². The Hall–Kier alpha value is -4.34. The fourth-order valence-corrected chi connectivity index (χ4v) is 5.25. The fraction of sp³-hybridized carbons (Fsp3) is 0.357. The number of rotatable bonds is 6. The molecule has 1 aliphatic carbocycles. The van der Waals surface area contributed by atoms with Crippen LogP contribution in [0.3, 0.4) is 0 Å². The van der Waals surface area contributed by atoms with Gasteiger partial charge in [-0.3, -0.25) is 9.36 Å². The van der Waals surface area contributed by atoms with Crippen molar-refractivity contribution < 1.29 is 19.0 Å². The van der Waals surface area contributed by atoms with E-state index < -0.39 is 0 Å². The lowest BCUT2D eigenvalue weighted by Crippen LogP contribution is -2.45. The highest BCUT2D eigenvalue weighted by atomic mass is 16.7. The summed E-state index contributed by atoms with van der Waals surface area (Å²) < 4.78 is 18.6. The van der Waals surface area contributed by atoms with E-state index in [0.29, 0.717) is 35.7 Å². The average Bonchev–Trinajstić information content (AvgIpc) is 3.57. The molecule has 2 fully saturated rings. The first kappa shape index (κ1) is 22.8. The first-order valence-corrected chi connectivity index (χ1v) is 13.0. The molecule has 1 atom stereocenters. The number of nitrogens with one attached hydrogen (secondary N) is 1. The predicted octanol–water partition coefficient (Wildman–Crippen LogP) is 4.03. The molecule has 3 aliphatic rings. The summed E-state index contributed by atoms with van der Waals surface area (Å²) in [5.74, 6) is 4.57. The van der Waals surface area contributed by atoms with E-state index in [4.69, 9.17) is 24.2 Å². The van der Waals surface area contributed by atoms with Crippen molar-refractivity contribution in [2.45, 2.75) is 31.7 Å². The van der Waals surface area contributed by atoms with Crippen LogP contribution < -0.4 is 19.5 Å². The Morgan fingerprint density at radius 3 is 2.82 bits per heavy atom. The molecular weight excluding hydrogens is 484 g/mol. The normalized spacial score (nSPS) is 18.6. The number of hydrogen-bond acceptors (Lipinski definition) is 8. The number of fused-ring (bicyclic) bond motifs is 2. The van der Waals surface area contributed by atoms with E-state index in [0.717, 1.165) is 60.4 Å². The summed E-state index contributed by atoms with van der Waals surface area (Å²) in [5, 5.41) is 3.48. The molecule has 194 valence electrons. The SMILES string of the molecule is COc1ccc2nc(-c3ccc4c(c3)OCO4)n(-c3ccnc(NC4CCCN(C(=O)C5CC5)C4)n3)c2c1. The molecule has 2 aromatic carbocycles. The first-order chi connectivity index (χ1) is 18.7. The van der Waals surface area contributed by atoms with Gasteiger partial charge in [0, 0.05) is 42.9 Å². The van der Waals surface area contributed by atoms with Crippen molar-refractivity contribution in [2.75, 3.05) is 32.3 Å². The largest absolute Gasteiger partial charge is 0.497 e. The van der Waals surface area contributed by atoms with Crippen LogP contribution in [0.15, 0.2) is 48.7 Å². The van der Waals surface area contributed by atoms with Gasteiger partial charge in [0.15, 0.2) is 11.5 Å². The van der Waals surface area contributed by atoms with E-state index >= 15 is 0 Å². The third-order valence-electron chi connectivity index (χ3n) is 7.36. The van der Waals surface area contributed by atoms with E-state index in [1.807, 2.05) is 51.9 Å². The molecule has 10 heteroatoms. The zero-order chi connectivity index (χ0) is 25.6. The Bertz CT molecular complexity index is 1530. The number of likely N-dealkylation sites (tertiary alicyclic amines) is 1. The van der Waals surface area contributed by atoms with Gasteiger partial charge in [0.1, 0.15) is 17.4 Å². The Labute approximate surface area is 219 Å². The number of nitrogens with zero attached hydrogens (tertiary/aromatic N) is 5. The molecule has 4 aromatic rings. The van der Waals surface area contributed by atoms with E-state index in [9.17, 15) is 4.79 Å². The van der Waals surface area contributed by atoms with Crippen LogP contribution in [-0.4, -0.2) is 63.4 Å². The van der Waals surface area contributed by atoms with Gasteiger partial charge in [-0.15, -0.1) is 0 Å². The van der Waals surface area contributed by atoms with Crippen molar-refractivity contribution in [3.8, 4) is 34.5 Å². The minimum Gasteiger partial charge on any atom is -0.497 e. The number of carbonyl (C=O) groups excluding carboxylic acids is 1. The zero-order valence-electron chi connectivity index (χ0n) is 21.1. The Morgan fingerprint density at radius 1 is 1.05 bits per heavy atom. The number of piperidine rings is 1. The van der Waals surface area contributed by atoms with Crippen molar-refractivity contribution in [3.63, 3.8) is 0 Å². The Balaban J connectivity index is 1.25. The summed E-state index contributed by atoms with van der Waals surface area (Å²) >= 11 is 0. The maximum Gasteiger partial charge on any atom is 0.231 e. The molecule has 1 saturated heterocycles. The molecule has 0 bridgehead atoms. The molecule has 1 unspecified atom stereocenters. The van der Waals surface area contributed by atoms with Gasteiger partial charge in [-0.1, -0.05) is 0 Å². The molecule has 38 heavy (non-hydrogen) atoms. The summed E-state index contributed by atoms with van der Waals surface area (Å²) in [5.41, 5.74) is 2.55. The van der Waals surface area contributed by atoms with E-state index in [1.54, 1.807) is 13.3 Å². The lowest BCUT2D eigenvalue weighted by atomic mass is 10.1. The molecule has 10 nitrogen and oxygen atoms in total. The van der Waals surface area contributed by atoms with Crippen LogP contribution in [0, 0.1) is 5.92 Å². The van der Waals surface area contributed by atoms with Crippen LogP contribution >= 0.6 is 0 Å². The summed E-state index contributed by atoms with van der Waals surface area (Å²) in [4.78, 5) is 29.0. The minimum absolute atomic E-state index is 0.106. The van der Waals surface area contributed by atoms with Gasteiger partial charge in [-0.2, -0.15) is 4.98 Å². The summed E-state index contributed by atoms with van der Waals surface area (Å²) in [7, 11) is 1.65. The number of benzene rings is 2. The maximum atomic E-state index is 12.6. The smallest absolute Gasteiger partial charge is 0.231 e. The van der Waals surface area contributed by atoms with Gasteiger partial charge in [-0.05, 0) is 62.1 Å². The number of methoxy groups -OCH3 is 1. The minimum atomic E-state index is 0.106. The highest BCUT2D eigenvalue weighted by Crippen LogP contribution is 2.38. The summed E-state index contributed by atoms with van der Waals surface area (Å²) in [6, 6.07) is 13.6. The number of hydrogen-bond donors (Lipinski definition) is 1. The highest BCUT2D eigenvalue weighted by molar-refractivity contribution is 5.84. The quantitative estimate of drug-likeness (QED) is 0.413. The van der Waals surface area contributed by atoms with Crippen LogP contribution in [0.5, 0.6) is 17.2 Å². The van der Waals surface area contributed by atoms with Gasteiger partial charge >= 0.3 is 0 Å². The van der Waals surface area contributed by atoms with Crippen LogP contribution in [0.2, 0.25) is 0 Å². The third-order valence-corrected chi connectivity index (χ3v) is 7.36. The van der Waals surface area contributed by atoms with Crippen molar-refractivity contribution in [1.29, 1.82) is 0 Å². The summed E-state index contributed by atoms with van der Waals surface area (Å²) in [6.45, 7) is 1.71. The zero-order valence-corrected chi connectivity index (χ0v) is 21.1. The monoisotopic (exact) mass is 512 g/mol. The Kier molecular flexibility index (Phi) is 5.52. The molecule has 2 aromatic heterocycles. The van der Waals surface area contributed by atoms with Crippen molar-refractivity contribution in [3.05, 3.63) is 48.7 Å². The van der Waals surface area contributed by atoms with Crippen molar-refractivity contribution >= 4 is 22.9 Å². The molecule has 2 aliphatic heterocycles. The second-order valence-electron chi connectivity index (χ2n) is 9.97. The molecule has 1 amide bonds. The number of anilines is 1. The van der Waals surface area contributed by atoms with Gasteiger partial charge in [0.05, 0.1) is 18.1 Å². The number of amides is 1. The lowest BCUT2D eigenvalue weighted by Gasteiger charge is -2.33. The van der Waals surface area contributed by atoms with Gasteiger partial charge in [0.2, 0.25) is 18.6 Å². The Morgan fingerprint density at radius 2 is 1.95 bits per heavy atom. The number of imidazole rings is 1.